The van der Waals surface area contributed by atoms with Crippen molar-refractivity contribution in [3.05, 3.63) is 70.1 Å². The summed E-state index contributed by atoms with van der Waals surface area (Å²) in [6.07, 6.45) is -0.00967. The zero-order valence-electron chi connectivity index (χ0n) is 16.8. The van der Waals surface area contributed by atoms with Crippen molar-refractivity contribution >= 4 is 22.6 Å². The van der Waals surface area contributed by atoms with Gasteiger partial charge in [0.1, 0.15) is 11.3 Å². The first-order valence-electron chi connectivity index (χ1n) is 9.30. The molecule has 0 spiro atoms. The van der Waals surface area contributed by atoms with Crippen LogP contribution in [0.25, 0.3) is 11.0 Å². The van der Waals surface area contributed by atoms with Crippen LogP contribution in [0.1, 0.15) is 50.5 Å². The summed E-state index contributed by atoms with van der Waals surface area (Å²) >= 11 is 0. The smallest absolute Gasteiger partial charge is 0.337 e. The molecule has 1 amide bonds. The molecule has 0 saturated heterocycles. The first-order valence-corrected chi connectivity index (χ1v) is 9.30. The van der Waals surface area contributed by atoms with Crippen LogP contribution in [-0.2, 0) is 5.41 Å². The summed E-state index contributed by atoms with van der Waals surface area (Å²) in [5.74, 6) is 0.230. The average Bonchev–Trinajstić information content (AvgIpc) is 2.59. The lowest BCUT2D eigenvalue weighted by Crippen LogP contribution is -2.20. The van der Waals surface area contributed by atoms with Gasteiger partial charge in [0.25, 0.3) is 5.91 Å². The Balaban J connectivity index is 2.02. The lowest BCUT2D eigenvalue weighted by Gasteiger charge is -2.23. The first kappa shape index (κ1) is 19.7. The molecule has 0 bridgehead atoms. The number of para-hydroxylation sites is 1. The van der Waals surface area contributed by atoms with Crippen LogP contribution in [0.15, 0.2) is 57.7 Å². The minimum atomic E-state index is -0.580. The summed E-state index contributed by atoms with van der Waals surface area (Å²) in [4.78, 5) is 25.0. The molecule has 5 heteroatoms. The molecule has 0 atom stereocenters. The highest BCUT2D eigenvalue weighted by Gasteiger charge is 2.20. The van der Waals surface area contributed by atoms with E-state index < -0.39 is 5.63 Å². The van der Waals surface area contributed by atoms with Crippen LogP contribution in [-0.4, -0.2) is 12.0 Å². The molecule has 1 aromatic heterocycles. The highest BCUT2D eigenvalue weighted by molar-refractivity contribution is 6.12. The number of benzene rings is 2. The minimum Gasteiger partial charge on any atom is -0.491 e. The van der Waals surface area contributed by atoms with E-state index in [9.17, 15) is 9.59 Å². The molecule has 28 heavy (non-hydrogen) atoms. The van der Waals surface area contributed by atoms with E-state index in [1.54, 1.807) is 18.2 Å². The van der Waals surface area contributed by atoms with Gasteiger partial charge in [-0.3, -0.25) is 4.79 Å². The van der Waals surface area contributed by atoms with Crippen LogP contribution in [0.4, 0.5) is 5.69 Å². The predicted molar refractivity (Wildman–Crippen MR) is 111 cm³/mol. The number of rotatable bonds is 4. The fraction of sp³-hybridized carbons (Fsp3) is 0.304. The second kappa shape index (κ2) is 7.50. The number of amides is 1. The molecule has 0 aliphatic heterocycles. The van der Waals surface area contributed by atoms with E-state index in [0.717, 1.165) is 11.3 Å². The van der Waals surface area contributed by atoms with Crippen LogP contribution in [0.2, 0.25) is 0 Å². The molecule has 1 heterocycles. The number of ether oxygens (including phenoxy) is 1. The largest absolute Gasteiger partial charge is 0.491 e. The fourth-order valence-corrected chi connectivity index (χ4v) is 3.11. The number of carbonyl (C=O) groups excluding carboxylic acids is 1. The quantitative estimate of drug-likeness (QED) is 0.638. The molecule has 5 nitrogen and oxygen atoms in total. The van der Waals surface area contributed by atoms with Crippen molar-refractivity contribution < 1.29 is 13.9 Å². The third kappa shape index (κ3) is 4.25. The van der Waals surface area contributed by atoms with Gasteiger partial charge in [0, 0.05) is 23.2 Å². The summed E-state index contributed by atoms with van der Waals surface area (Å²) < 4.78 is 10.9. The van der Waals surface area contributed by atoms with Crippen molar-refractivity contribution in [2.24, 2.45) is 0 Å². The normalized spacial score (nSPS) is 11.6. The van der Waals surface area contributed by atoms with Gasteiger partial charge in [0.2, 0.25) is 0 Å². The molecular formula is C23H25NO4. The third-order valence-corrected chi connectivity index (χ3v) is 4.32. The molecule has 0 aliphatic rings. The van der Waals surface area contributed by atoms with Crippen molar-refractivity contribution in [1.29, 1.82) is 0 Å². The molecule has 3 aromatic rings. The van der Waals surface area contributed by atoms with Gasteiger partial charge in [-0.1, -0.05) is 39.0 Å². The molecule has 0 aliphatic carbocycles. The Labute approximate surface area is 164 Å². The van der Waals surface area contributed by atoms with Gasteiger partial charge in [-0.25, -0.2) is 4.79 Å². The van der Waals surface area contributed by atoms with Crippen LogP contribution >= 0.6 is 0 Å². The molecule has 1 N–H and O–H groups in total. The Bertz CT molecular complexity index is 1070. The average molecular weight is 379 g/mol. The number of hydrogen-bond donors (Lipinski definition) is 1. The molecule has 0 saturated carbocycles. The SMILES string of the molecule is CC(C)Oc1ccc2c(C(=O)Nc3ccccc3C(C)(C)C)cc(=O)oc2c1. The van der Waals surface area contributed by atoms with Gasteiger partial charge >= 0.3 is 5.63 Å². The summed E-state index contributed by atoms with van der Waals surface area (Å²) in [7, 11) is 0. The van der Waals surface area contributed by atoms with E-state index in [1.165, 1.54) is 6.07 Å². The molecule has 146 valence electrons. The zero-order valence-corrected chi connectivity index (χ0v) is 16.8. The number of fused-ring (bicyclic) bond motifs is 1. The molecule has 0 fully saturated rings. The maximum Gasteiger partial charge on any atom is 0.337 e. The maximum absolute atomic E-state index is 13.0. The van der Waals surface area contributed by atoms with Crippen molar-refractivity contribution in [1.82, 2.24) is 0 Å². The second-order valence-electron chi connectivity index (χ2n) is 8.05. The summed E-state index contributed by atoms with van der Waals surface area (Å²) in [5.41, 5.74) is 1.61. The summed E-state index contributed by atoms with van der Waals surface area (Å²) in [6.45, 7) is 10.1. The van der Waals surface area contributed by atoms with E-state index in [2.05, 4.69) is 26.1 Å². The van der Waals surface area contributed by atoms with Crippen LogP contribution < -0.4 is 15.7 Å². The van der Waals surface area contributed by atoms with Gasteiger partial charge < -0.3 is 14.5 Å². The Morgan fingerprint density at radius 3 is 2.46 bits per heavy atom. The lowest BCUT2D eigenvalue weighted by molar-refractivity contribution is 0.102. The van der Waals surface area contributed by atoms with E-state index in [0.29, 0.717) is 16.7 Å². The van der Waals surface area contributed by atoms with E-state index >= 15 is 0 Å². The third-order valence-electron chi connectivity index (χ3n) is 4.32. The highest BCUT2D eigenvalue weighted by Crippen LogP contribution is 2.30. The maximum atomic E-state index is 13.0. The fourth-order valence-electron chi connectivity index (χ4n) is 3.11. The van der Waals surface area contributed by atoms with Gasteiger partial charge in [0.05, 0.1) is 11.7 Å². The molecule has 0 unspecified atom stereocenters. The monoisotopic (exact) mass is 379 g/mol. The van der Waals surface area contributed by atoms with Crippen LogP contribution in [0.5, 0.6) is 5.75 Å². The number of carbonyl (C=O) groups is 1. The van der Waals surface area contributed by atoms with Gasteiger partial charge in [0.15, 0.2) is 0 Å². The van der Waals surface area contributed by atoms with Crippen molar-refractivity contribution in [2.45, 2.75) is 46.1 Å². The minimum absolute atomic E-state index is 0.00967. The summed E-state index contributed by atoms with van der Waals surface area (Å²) in [5, 5.41) is 3.51. The topological polar surface area (TPSA) is 68.5 Å². The standard InChI is InChI=1S/C23H25NO4/c1-14(2)27-15-10-11-16-17(13-21(25)28-20(16)12-15)22(26)24-19-9-7-6-8-18(19)23(3,4)5/h6-14H,1-5H3,(H,24,26). The molecule has 3 rings (SSSR count). The Kier molecular flexibility index (Phi) is 5.27. The van der Waals surface area contributed by atoms with E-state index in [-0.39, 0.29) is 23.0 Å². The van der Waals surface area contributed by atoms with Crippen LogP contribution in [0.3, 0.4) is 0 Å². The van der Waals surface area contributed by atoms with Crippen molar-refractivity contribution in [2.75, 3.05) is 5.32 Å². The van der Waals surface area contributed by atoms with E-state index in [1.807, 2.05) is 38.1 Å². The first-order chi connectivity index (χ1) is 13.1. The second-order valence-corrected chi connectivity index (χ2v) is 8.05. The van der Waals surface area contributed by atoms with Gasteiger partial charge in [-0.15, -0.1) is 0 Å². The lowest BCUT2D eigenvalue weighted by atomic mass is 9.86. The van der Waals surface area contributed by atoms with Gasteiger partial charge in [-0.2, -0.15) is 0 Å². The number of hydrogen-bond acceptors (Lipinski definition) is 4. The molecule has 2 aromatic carbocycles. The zero-order chi connectivity index (χ0) is 20.5. The van der Waals surface area contributed by atoms with E-state index in [4.69, 9.17) is 9.15 Å². The van der Waals surface area contributed by atoms with Crippen molar-refractivity contribution in [3.63, 3.8) is 0 Å². The molecular weight excluding hydrogens is 354 g/mol. The Morgan fingerprint density at radius 2 is 1.79 bits per heavy atom. The van der Waals surface area contributed by atoms with Crippen molar-refractivity contribution in [3.8, 4) is 5.75 Å². The Hall–Kier alpha value is -3.08. The summed E-state index contributed by atoms with van der Waals surface area (Å²) in [6, 6.07) is 14.0. The Morgan fingerprint density at radius 1 is 1.07 bits per heavy atom. The van der Waals surface area contributed by atoms with Gasteiger partial charge in [-0.05, 0) is 43.0 Å². The predicted octanol–water partition coefficient (Wildman–Crippen LogP) is 5.13. The number of anilines is 1. The molecule has 0 radical (unpaired) electrons. The highest BCUT2D eigenvalue weighted by atomic mass is 16.5. The number of nitrogens with one attached hydrogen (secondary N) is 1. The van der Waals surface area contributed by atoms with Crippen LogP contribution in [0, 0.1) is 0 Å².